The standard InChI is InChI=1S/C16H33NO5S/c1-3-5-6-7-8-9-10-11-12-13-16(18)17-15(4-2)14-22-23(19,20)21/h15H,3-14H2,1-2H3,(H,17,18)(H,19,20,21)/t15-/m0/s1. The van der Waals surface area contributed by atoms with Gasteiger partial charge in [0.2, 0.25) is 5.91 Å². The van der Waals surface area contributed by atoms with Gasteiger partial charge in [0.25, 0.3) is 0 Å². The van der Waals surface area contributed by atoms with Crippen LogP contribution in [0.1, 0.15) is 84.5 Å². The highest BCUT2D eigenvalue weighted by atomic mass is 32.3. The van der Waals surface area contributed by atoms with E-state index in [-0.39, 0.29) is 12.5 Å². The molecule has 0 aliphatic rings. The molecule has 0 rings (SSSR count). The average molecular weight is 352 g/mol. The Balaban J connectivity index is 3.61. The molecule has 6 nitrogen and oxygen atoms in total. The average Bonchev–Trinajstić information content (AvgIpc) is 2.49. The van der Waals surface area contributed by atoms with Gasteiger partial charge in [-0.15, -0.1) is 0 Å². The molecular weight excluding hydrogens is 318 g/mol. The molecule has 23 heavy (non-hydrogen) atoms. The normalized spacial score (nSPS) is 13.0. The van der Waals surface area contributed by atoms with Crippen LogP contribution in [0.3, 0.4) is 0 Å². The minimum atomic E-state index is -4.45. The number of nitrogens with one attached hydrogen (secondary N) is 1. The molecule has 0 aliphatic heterocycles. The van der Waals surface area contributed by atoms with Gasteiger partial charge in [-0.1, -0.05) is 65.2 Å². The van der Waals surface area contributed by atoms with E-state index in [2.05, 4.69) is 16.4 Å². The molecule has 2 N–H and O–H groups in total. The molecule has 0 fully saturated rings. The largest absolute Gasteiger partial charge is 0.397 e. The Morgan fingerprint density at radius 1 is 1.00 bits per heavy atom. The Hall–Kier alpha value is -0.660. The summed E-state index contributed by atoms with van der Waals surface area (Å²) in [6.07, 6.45) is 11.7. The number of hydrogen-bond donors (Lipinski definition) is 2. The quantitative estimate of drug-likeness (QED) is 0.347. The van der Waals surface area contributed by atoms with Gasteiger partial charge >= 0.3 is 10.4 Å². The summed E-state index contributed by atoms with van der Waals surface area (Å²) in [5.41, 5.74) is 0. The summed E-state index contributed by atoms with van der Waals surface area (Å²) in [6.45, 7) is 3.79. The Bertz CT molecular complexity index is 397. The Kier molecular flexibility index (Phi) is 13.4. The van der Waals surface area contributed by atoms with Gasteiger partial charge in [-0.3, -0.25) is 9.35 Å². The Morgan fingerprint density at radius 2 is 1.52 bits per heavy atom. The number of carbonyl (C=O) groups is 1. The Morgan fingerprint density at radius 3 is 2.00 bits per heavy atom. The van der Waals surface area contributed by atoms with Crippen molar-refractivity contribution in [1.29, 1.82) is 0 Å². The van der Waals surface area contributed by atoms with E-state index in [9.17, 15) is 13.2 Å². The van der Waals surface area contributed by atoms with Gasteiger partial charge in [-0.25, -0.2) is 4.18 Å². The molecular formula is C16H33NO5S. The first kappa shape index (κ1) is 22.3. The molecule has 0 aromatic rings. The molecule has 0 bridgehead atoms. The summed E-state index contributed by atoms with van der Waals surface area (Å²) >= 11 is 0. The molecule has 138 valence electrons. The highest BCUT2D eigenvalue weighted by Crippen LogP contribution is 2.10. The van der Waals surface area contributed by atoms with Crippen molar-refractivity contribution in [2.24, 2.45) is 0 Å². The van der Waals surface area contributed by atoms with Crippen molar-refractivity contribution >= 4 is 16.3 Å². The molecule has 1 amide bonds. The monoisotopic (exact) mass is 351 g/mol. The minimum Gasteiger partial charge on any atom is -0.351 e. The SMILES string of the molecule is CCCCCCCCCCCC(=O)N[C@@H](CC)COS(=O)(=O)O. The summed E-state index contributed by atoms with van der Waals surface area (Å²) in [5, 5.41) is 2.73. The summed E-state index contributed by atoms with van der Waals surface area (Å²) < 4.78 is 33.8. The van der Waals surface area contributed by atoms with Gasteiger partial charge in [0.05, 0.1) is 12.6 Å². The fraction of sp³-hybridized carbons (Fsp3) is 0.938. The van der Waals surface area contributed by atoms with Gasteiger partial charge in [0, 0.05) is 6.42 Å². The van der Waals surface area contributed by atoms with Gasteiger partial charge < -0.3 is 5.32 Å². The smallest absolute Gasteiger partial charge is 0.351 e. The Labute approximate surface area is 141 Å². The lowest BCUT2D eigenvalue weighted by molar-refractivity contribution is -0.122. The molecule has 0 aromatic carbocycles. The second kappa shape index (κ2) is 13.7. The third-order valence-electron chi connectivity index (χ3n) is 3.78. The van der Waals surface area contributed by atoms with Crippen LogP contribution >= 0.6 is 0 Å². The van der Waals surface area contributed by atoms with Crippen molar-refractivity contribution in [3.05, 3.63) is 0 Å². The first-order chi connectivity index (χ1) is 10.9. The second-order valence-electron chi connectivity index (χ2n) is 5.96. The van der Waals surface area contributed by atoms with Gasteiger partial charge in [-0.05, 0) is 12.8 Å². The summed E-state index contributed by atoms with van der Waals surface area (Å²) in [7, 11) is -4.45. The zero-order valence-corrected chi connectivity index (χ0v) is 15.4. The molecule has 0 aliphatic carbocycles. The van der Waals surface area contributed by atoms with Crippen molar-refractivity contribution in [1.82, 2.24) is 5.32 Å². The molecule has 0 spiro atoms. The summed E-state index contributed by atoms with van der Waals surface area (Å²) in [5.74, 6) is -0.0984. The fourth-order valence-electron chi connectivity index (χ4n) is 2.33. The van der Waals surface area contributed by atoms with Crippen molar-refractivity contribution in [2.75, 3.05) is 6.61 Å². The van der Waals surface area contributed by atoms with Crippen LogP contribution in [0.15, 0.2) is 0 Å². The first-order valence-corrected chi connectivity index (χ1v) is 10.2. The number of rotatable bonds is 15. The number of amides is 1. The highest BCUT2D eigenvalue weighted by Gasteiger charge is 2.14. The molecule has 1 atom stereocenters. The predicted molar refractivity (Wildman–Crippen MR) is 91.6 cm³/mol. The van der Waals surface area contributed by atoms with Crippen molar-refractivity contribution < 1.29 is 21.9 Å². The topological polar surface area (TPSA) is 92.7 Å². The van der Waals surface area contributed by atoms with E-state index < -0.39 is 16.4 Å². The fourth-order valence-corrected chi connectivity index (χ4v) is 2.66. The molecule has 0 heterocycles. The summed E-state index contributed by atoms with van der Waals surface area (Å²) in [4.78, 5) is 11.8. The van der Waals surface area contributed by atoms with Crippen LogP contribution in [0, 0.1) is 0 Å². The number of unbranched alkanes of at least 4 members (excludes halogenated alkanes) is 8. The maximum absolute atomic E-state index is 11.8. The van der Waals surface area contributed by atoms with E-state index >= 15 is 0 Å². The van der Waals surface area contributed by atoms with Crippen LogP contribution in [-0.4, -0.2) is 31.5 Å². The lowest BCUT2D eigenvalue weighted by Gasteiger charge is -2.15. The van der Waals surface area contributed by atoms with Crippen LogP contribution < -0.4 is 5.32 Å². The molecule has 0 aromatic heterocycles. The first-order valence-electron chi connectivity index (χ1n) is 8.80. The zero-order chi connectivity index (χ0) is 17.6. The lowest BCUT2D eigenvalue weighted by Crippen LogP contribution is -2.38. The number of hydrogen-bond acceptors (Lipinski definition) is 4. The predicted octanol–water partition coefficient (Wildman–Crippen LogP) is 3.62. The highest BCUT2D eigenvalue weighted by molar-refractivity contribution is 7.80. The lowest BCUT2D eigenvalue weighted by atomic mass is 10.1. The van der Waals surface area contributed by atoms with Gasteiger partial charge in [-0.2, -0.15) is 8.42 Å². The zero-order valence-electron chi connectivity index (χ0n) is 14.6. The van der Waals surface area contributed by atoms with E-state index in [1.54, 1.807) is 0 Å². The number of carbonyl (C=O) groups excluding carboxylic acids is 1. The third kappa shape index (κ3) is 16.0. The van der Waals surface area contributed by atoms with Crippen molar-refractivity contribution in [3.8, 4) is 0 Å². The van der Waals surface area contributed by atoms with Crippen molar-refractivity contribution in [2.45, 2.75) is 90.5 Å². The molecule has 0 unspecified atom stereocenters. The molecule has 0 radical (unpaired) electrons. The van der Waals surface area contributed by atoms with E-state index in [1.165, 1.54) is 38.5 Å². The molecule has 0 saturated carbocycles. The third-order valence-corrected chi connectivity index (χ3v) is 4.22. The van der Waals surface area contributed by atoms with E-state index in [0.717, 1.165) is 19.3 Å². The van der Waals surface area contributed by atoms with E-state index in [4.69, 9.17) is 4.55 Å². The molecule has 7 heteroatoms. The van der Waals surface area contributed by atoms with E-state index in [0.29, 0.717) is 12.8 Å². The van der Waals surface area contributed by atoms with Crippen LogP contribution in [0.2, 0.25) is 0 Å². The van der Waals surface area contributed by atoms with Crippen LogP contribution in [0.4, 0.5) is 0 Å². The maximum Gasteiger partial charge on any atom is 0.397 e. The maximum atomic E-state index is 11.8. The molecule has 0 saturated heterocycles. The van der Waals surface area contributed by atoms with Gasteiger partial charge in [0.1, 0.15) is 0 Å². The summed E-state index contributed by atoms with van der Waals surface area (Å²) in [6, 6.07) is -0.400. The van der Waals surface area contributed by atoms with E-state index in [1.807, 2.05) is 6.92 Å². The van der Waals surface area contributed by atoms with Gasteiger partial charge in [0.15, 0.2) is 0 Å². The second-order valence-corrected chi connectivity index (χ2v) is 7.05. The van der Waals surface area contributed by atoms with Crippen LogP contribution in [-0.2, 0) is 19.4 Å². The van der Waals surface area contributed by atoms with Crippen LogP contribution in [0.5, 0.6) is 0 Å². The van der Waals surface area contributed by atoms with Crippen molar-refractivity contribution in [3.63, 3.8) is 0 Å². The minimum absolute atomic E-state index is 0.0984. The van der Waals surface area contributed by atoms with Crippen LogP contribution in [0.25, 0.3) is 0 Å².